The van der Waals surface area contributed by atoms with Gasteiger partial charge in [0, 0.05) is 0 Å². The van der Waals surface area contributed by atoms with Crippen LogP contribution in [0.1, 0.15) is 47.8 Å². The first-order chi connectivity index (χ1) is 9.81. The first kappa shape index (κ1) is 14.3. The molecule has 0 radical (unpaired) electrons. The molecule has 0 unspecified atom stereocenters. The van der Waals surface area contributed by atoms with Gasteiger partial charge >= 0.3 is 0 Å². The van der Waals surface area contributed by atoms with Crippen molar-refractivity contribution in [3.05, 3.63) is 58.1 Å². The van der Waals surface area contributed by atoms with Gasteiger partial charge in [-0.05, 0) is 66.0 Å². The van der Waals surface area contributed by atoms with E-state index < -0.39 is 0 Å². The molecule has 0 aliphatic heterocycles. The Balaban J connectivity index is 2.27. The van der Waals surface area contributed by atoms with Crippen molar-refractivity contribution in [3.63, 3.8) is 0 Å². The predicted molar refractivity (Wildman–Crippen MR) is 88.5 cm³/mol. The molecule has 1 atom stereocenters. The average molecular weight is 280 g/mol. The van der Waals surface area contributed by atoms with Crippen molar-refractivity contribution in [2.75, 3.05) is 0 Å². The summed E-state index contributed by atoms with van der Waals surface area (Å²) in [6.45, 7) is 10.8. The summed E-state index contributed by atoms with van der Waals surface area (Å²) in [5, 5.41) is 10.8. The predicted octanol–water partition coefficient (Wildman–Crippen LogP) is 4.89. The molecule has 0 fully saturated rings. The number of aryl methyl sites for hydroxylation is 3. The van der Waals surface area contributed by atoms with Gasteiger partial charge in [-0.25, -0.2) is 0 Å². The molecule has 0 spiro atoms. The quantitative estimate of drug-likeness (QED) is 0.788. The van der Waals surface area contributed by atoms with Crippen LogP contribution >= 0.6 is 0 Å². The molecule has 0 aromatic heterocycles. The van der Waals surface area contributed by atoms with E-state index in [1.807, 2.05) is 0 Å². The van der Waals surface area contributed by atoms with E-state index in [4.69, 9.17) is 0 Å². The second-order valence-corrected chi connectivity index (χ2v) is 7.22. The zero-order chi connectivity index (χ0) is 15.4. The molecule has 2 aromatic rings. The molecule has 0 bridgehead atoms. The first-order valence-corrected chi connectivity index (χ1v) is 7.69. The molecule has 1 N–H and O–H groups in total. The highest BCUT2D eigenvalue weighted by Crippen LogP contribution is 2.49. The summed E-state index contributed by atoms with van der Waals surface area (Å²) < 4.78 is 0. The van der Waals surface area contributed by atoms with Crippen LogP contribution < -0.4 is 0 Å². The molecule has 1 aliphatic carbocycles. The van der Waals surface area contributed by atoms with Gasteiger partial charge in [0.15, 0.2) is 0 Å². The van der Waals surface area contributed by atoms with Gasteiger partial charge in [-0.3, -0.25) is 0 Å². The standard InChI is InChI=1S/C20H24O/c1-12-9-13(2)17(14(3)10-12)16-8-6-7-15-11-20(4,5)19(21)18(15)16/h6-10,19,21H,11H2,1-5H3/t19-/m1/s1. The van der Waals surface area contributed by atoms with Gasteiger partial charge in [0.25, 0.3) is 0 Å². The maximum atomic E-state index is 10.8. The van der Waals surface area contributed by atoms with Crippen molar-refractivity contribution < 1.29 is 5.11 Å². The summed E-state index contributed by atoms with van der Waals surface area (Å²) in [4.78, 5) is 0. The van der Waals surface area contributed by atoms with Crippen LogP contribution in [0.25, 0.3) is 11.1 Å². The minimum Gasteiger partial charge on any atom is -0.388 e. The number of rotatable bonds is 1. The van der Waals surface area contributed by atoms with Gasteiger partial charge in [0.05, 0.1) is 6.10 Å². The maximum Gasteiger partial charge on any atom is 0.0852 e. The van der Waals surface area contributed by atoms with Crippen LogP contribution in [0, 0.1) is 26.2 Å². The molecule has 0 saturated heterocycles. The number of hydrogen-bond donors (Lipinski definition) is 1. The Labute approximate surface area is 127 Å². The first-order valence-electron chi connectivity index (χ1n) is 7.69. The molecule has 0 heterocycles. The number of benzene rings is 2. The normalized spacial score (nSPS) is 19.6. The van der Waals surface area contributed by atoms with Gasteiger partial charge in [-0.2, -0.15) is 0 Å². The summed E-state index contributed by atoms with van der Waals surface area (Å²) in [6, 6.07) is 10.9. The Morgan fingerprint density at radius 1 is 1.05 bits per heavy atom. The number of fused-ring (bicyclic) bond motifs is 1. The molecule has 21 heavy (non-hydrogen) atoms. The SMILES string of the molecule is Cc1cc(C)c(-c2cccc3c2[C@@H](O)C(C)(C)C3)c(C)c1. The van der Waals surface area contributed by atoms with Gasteiger partial charge in [0.1, 0.15) is 0 Å². The third-order valence-corrected chi connectivity index (χ3v) is 4.80. The largest absolute Gasteiger partial charge is 0.388 e. The van der Waals surface area contributed by atoms with Crippen molar-refractivity contribution in [1.82, 2.24) is 0 Å². The Hall–Kier alpha value is -1.60. The second kappa shape index (κ2) is 4.71. The average Bonchev–Trinajstić information content (AvgIpc) is 2.59. The molecular formula is C20H24O. The van der Waals surface area contributed by atoms with E-state index in [2.05, 4.69) is 65.0 Å². The second-order valence-electron chi connectivity index (χ2n) is 7.22. The van der Waals surface area contributed by atoms with Crippen molar-refractivity contribution in [3.8, 4) is 11.1 Å². The number of hydrogen-bond acceptors (Lipinski definition) is 1. The highest BCUT2D eigenvalue weighted by atomic mass is 16.3. The van der Waals surface area contributed by atoms with E-state index in [0.29, 0.717) is 0 Å². The number of aliphatic hydroxyl groups excluding tert-OH is 1. The number of aliphatic hydroxyl groups is 1. The van der Waals surface area contributed by atoms with Crippen LogP contribution in [0.5, 0.6) is 0 Å². The van der Waals surface area contributed by atoms with Crippen LogP contribution in [0.15, 0.2) is 30.3 Å². The highest BCUT2D eigenvalue weighted by Gasteiger charge is 2.39. The lowest BCUT2D eigenvalue weighted by Gasteiger charge is -2.24. The van der Waals surface area contributed by atoms with E-state index in [-0.39, 0.29) is 11.5 Å². The van der Waals surface area contributed by atoms with Crippen molar-refractivity contribution >= 4 is 0 Å². The lowest BCUT2D eigenvalue weighted by molar-refractivity contribution is 0.0669. The fraction of sp³-hybridized carbons (Fsp3) is 0.400. The van der Waals surface area contributed by atoms with E-state index in [1.54, 1.807) is 0 Å². The van der Waals surface area contributed by atoms with Crippen molar-refractivity contribution in [2.45, 2.75) is 47.1 Å². The van der Waals surface area contributed by atoms with Crippen LogP contribution in [0.3, 0.4) is 0 Å². The molecule has 1 heteroatoms. The van der Waals surface area contributed by atoms with E-state index in [0.717, 1.165) is 12.0 Å². The molecule has 3 rings (SSSR count). The summed E-state index contributed by atoms with van der Waals surface area (Å²) in [6.07, 6.45) is 0.560. The zero-order valence-corrected chi connectivity index (χ0v) is 13.6. The lowest BCUT2D eigenvalue weighted by Crippen LogP contribution is -2.17. The third-order valence-electron chi connectivity index (χ3n) is 4.80. The minimum absolute atomic E-state index is 0.0784. The van der Waals surface area contributed by atoms with Crippen LogP contribution in [-0.2, 0) is 6.42 Å². The molecule has 0 saturated carbocycles. The van der Waals surface area contributed by atoms with Crippen LogP contribution in [0.2, 0.25) is 0 Å². The fourth-order valence-corrected chi connectivity index (χ4v) is 3.89. The monoisotopic (exact) mass is 280 g/mol. The topological polar surface area (TPSA) is 20.2 Å². The van der Waals surface area contributed by atoms with Crippen LogP contribution in [-0.4, -0.2) is 5.11 Å². The third kappa shape index (κ3) is 2.20. The summed E-state index contributed by atoms with van der Waals surface area (Å²) >= 11 is 0. The summed E-state index contributed by atoms with van der Waals surface area (Å²) in [7, 11) is 0. The van der Waals surface area contributed by atoms with E-state index in [9.17, 15) is 5.11 Å². The molecule has 1 aliphatic rings. The summed E-state index contributed by atoms with van der Waals surface area (Å²) in [5.41, 5.74) is 8.72. The highest BCUT2D eigenvalue weighted by molar-refractivity contribution is 5.76. The van der Waals surface area contributed by atoms with Gasteiger partial charge < -0.3 is 5.11 Å². The molecule has 2 aromatic carbocycles. The Kier molecular flexibility index (Phi) is 3.22. The summed E-state index contributed by atoms with van der Waals surface area (Å²) in [5.74, 6) is 0. The molecular weight excluding hydrogens is 256 g/mol. The maximum absolute atomic E-state index is 10.8. The molecule has 1 nitrogen and oxygen atoms in total. The minimum atomic E-state index is -0.385. The Morgan fingerprint density at radius 3 is 2.29 bits per heavy atom. The van der Waals surface area contributed by atoms with Crippen molar-refractivity contribution in [2.24, 2.45) is 5.41 Å². The smallest absolute Gasteiger partial charge is 0.0852 e. The Morgan fingerprint density at radius 2 is 1.67 bits per heavy atom. The lowest BCUT2D eigenvalue weighted by atomic mass is 9.85. The molecule has 110 valence electrons. The van der Waals surface area contributed by atoms with Gasteiger partial charge in [-0.1, -0.05) is 49.7 Å². The Bertz CT molecular complexity index is 687. The van der Waals surface area contributed by atoms with E-state index >= 15 is 0 Å². The van der Waals surface area contributed by atoms with E-state index in [1.165, 1.54) is 33.4 Å². The van der Waals surface area contributed by atoms with Gasteiger partial charge in [-0.15, -0.1) is 0 Å². The van der Waals surface area contributed by atoms with Crippen LogP contribution in [0.4, 0.5) is 0 Å². The van der Waals surface area contributed by atoms with Crippen molar-refractivity contribution in [1.29, 1.82) is 0 Å². The molecule has 0 amide bonds. The fourth-order valence-electron chi connectivity index (χ4n) is 3.89. The van der Waals surface area contributed by atoms with Gasteiger partial charge in [0.2, 0.25) is 0 Å². The zero-order valence-electron chi connectivity index (χ0n) is 13.6.